The maximum absolute atomic E-state index is 13.1. The summed E-state index contributed by atoms with van der Waals surface area (Å²) >= 11 is 0. The molecule has 0 aliphatic rings. The standard InChI is InChI=1S/C25H40N4O7/c1-6-14(4)20(25(35)36)28-24(34)21(15(5)30)29-23(33)19(11-13(2)3)27-22(32)18(26)12-16-7-9-17(31)10-8-16/h7-10,13-15,18-21,30-31H,6,11-12,26H2,1-5H3,(H,27,32)(H,28,34)(H,29,33)(H,35,36). The smallest absolute Gasteiger partial charge is 0.326 e. The van der Waals surface area contributed by atoms with Gasteiger partial charge < -0.3 is 37.0 Å². The number of rotatable bonds is 14. The van der Waals surface area contributed by atoms with E-state index in [1.54, 1.807) is 26.0 Å². The largest absolute Gasteiger partial charge is 0.508 e. The first-order valence-corrected chi connectivity index (χ1v) is 12.1. The number of carbonyl (C=O) groups is 4. The van der Waals surface area contributed by atoms with Crippen LogP contribution in [0.15, 0.2) is 24.3 Å². The zero-order chi connectivity index (χ0) is 27.6. The number of nitrogens with one attached hydrogen (secondary N) is 3. The van der Waals surface area contributed by atoms with Crippen LogP contribution in [0.1, 0.15) is 53.0 Å². The van der Waals surface area contributed by atoms with Crippen molar-refractivity contribution >= 4 is 23.7 Å². The summed E-state index contributed by atoms with van der Waals surface area (Å²) in [6, 6.07) is 1.60. The highest BCUT2D eigenvalue weighted by molar-refractivity contribution is 5.94. The normalized spacial score (nSPS) is 16.2. The topological polar surface area (TPSA) is 191 Å². The molecular weight excluding hydrogens is 468 g/mol. The van der Waals surface area contributed by atoms with Gasteiger partial charge in [0.05, 0.1) is 12.1 Å². The van der Waals surface area contributed by atoms with Gasteiger partial charge in [-0.15, -0.1) is 0 Å². The maximum atomic E-state index is 13.1. The Hall–Kier alpha value is -3.18. The van der Waals surface area contributed by atoms with Crippen molar-refractivity contribution in [2.24, 2.45) is 17.6 Å². The molecule has 36 heavy (non-hydrogen) atoms. The molecule has 8 N–H and O–H groups in total. The molecule has 6 unspecified atom stereocenters. The van der Waals surface area contributed by atoms with E-state index in [0.29, 0.717) is 6.42 Å². The van der Waals surface area contributed by atoms with Gasteiger partial charge in [0, 0.05) is 0 Å². The van der Waals surface area contributed by atoms with E-state index in [9.17, 15) is 34.5 Å². The van der Waals surface area contributed by atoms with Crippen molar-refractivity contribution in [1.29, 1.82) is 0 Å². The molecule has 202 valence electrons. The average Bonchev–Trinajstić information content (AvgIpc) is 2.80. The predicted molar refractivity (Wildman–Crippen MR) is 134 cm³/mol. The fourth-order valence-corrected chi connectivity index (χ4v) is 3.55. The molecule has 1 aromatic rings. The lowest BCUT2D eigenvalue weighted by Gasteiger charge is -2.28. The van der Waals surface area contributed by atoms with E-state index in [-0.39, 0.29) is 30.4 Å². The first-order chi connectivity index (χ1) is 16.8. The Morgan fingerprint density at radius 1 is 0.889 bits per heavy atom. The fraction of sp³-hybridized carbons (Fsp3) is 0.600. The molecule has 0 fully saturated rings. The van der Waals surface area contributed by atoms with Gasteiger partial charge in [-0.25, -0.2) is 4.79 Å². The summed E-state index contributed by atoms with van der Waals surface area (Å²) in [7, 11) is 0. The summed E-state index contributed by atoms with van der Waals surface area (Å²) in [6.45, 7) is 8.46. The van der Waals surface area contributed by atoms with Crippen molar-refractivity contribution < 1.29 is 34.5 Å². The molecule has 0 aliphatic heterocycles. The molecule has 1 aromatic carbocycles. The highest BCUT2D eigenvalue weighted by atomic mass is 16.4. The van der Waals surface area contributed by atoms with Crippen molar-refractivity contribution in [2.45, 2.75) is 84.2 Å². The van der Waals surface area contributed by atoms with E-state index in [2.05, 4.69) is 16.0 Å². The lowest BCUT2D eigenvalue weighted by atomic mass is 9.98. The van der Waals surface area contributed by atoms with Crippen molar-refractivity contribution in [3.63, 3.8) is 0 Å². The lowest BCUT2D eigenvalue weighted by molar-refractivity contribution is -0.144. The van der Waals surface area contributed by atoms with Gasteiger partial charge in [0.2, 0.25) is 17.7 Å². The summed E-state index contributed by atoms with van der Waals surface area (Å²) in [6.07, 6.45) is -0.419. The number of amides is 3. The highest BCUT2D eigenvalue weighted by Crippen LogP contribution is 2.12. The second-order valence-electron chi connectivity index (χ2n) is 9.60. The second-order valence-corrected chi connectivity index (χ2v) is 9.60. The van der Waals surface area contributed by atoms with Crippen LogP contribution in [0.4, 0.5) is 0 Å². The molecule has 0 saturated carbocycles. The first-order valence-electron chi connectivity index (χ1n) is 12.1. The van der Waals surface area contributed by atoms with E-state index in [0.717, 1.165) is 5.56 Å². The van der Waals surface area contributed by atoms with Gasteiger partial charge in [-0.1, -0.05) is 46.2 Å². The quantitative estimate of drug-likeness (QED) is 0.186. The minimum absolute atomic E-state index is 0.00464. The molecular formula is C25H40N4O7. The van der Waals surface area contributed by atoms with Crippen LogP contribution in [0, 0.1) is 11.8 Å². The number of hydrogen-bond donors (Lipinski definition) is 7. The third-order valence-electron chi connectivity index (χ3n) is 5.91. The summed E-state index contributed by atoms with van der Waals surface area (Å²) in [5, 5.41) is 36.4. The highest BCUT2D eigenvalue weighted by Gasteiger charge is 2.34. The number of carboxylic acids is 1. The van der Waals surface area contributed by atoms with Gasteiger partial charge in [-0.05, 0) is 49.3 Å². The average molecular weight is 509 g/mol. The van der Waals surface area contributed by atoms with E-state index in [4.69, 9.17) is 5.73 Å². The zero-order valence-corrected chi connectivity index (χ0v) is 21.5. The molecule has 0 spiro atoms. The Morgan fingerprint density at radius 2 is 1.44 bits per heavy atom. The Balaban J connectivity index is 2.95. The lowest BCUT2D eigenvalue weighted by Crippen LogP contribution is -2.60. The van der Waals surface area contributed by atoms with Crippen LogP contribution >= 0.6 is 0 Å². The summed E-state index contributed by atoms with van der Waals surface area (Å²) in [5.41, 5.74) is 6.75. The van der Waals surface area contributed by atoms with Gasteiger partial charge in [-0.2, -0.15) is 0 Å². The number of aliphatic hydroxyl groups excluding tert-OH is 1. The van der Waals surface area contributed by atoms with Gasteiger partial charge in [0.1, 0.15) is 23.9 Å². The molecule has 0 saturated heterocycles. The molecule has 11 nitrogen and oxygen atoms in total. The minimum atomic E-state index is -1.43. The number of carboxylic acid groups (broad SMARTS) is 1. The third-order valence-corrected chi connectivity index (χ3v) is 5.91. The Labute approximate surface area is 211 Å². The minimum Gasteiger partial charge on any atom is -0.508 e. The molecule has 0 bridgehead atoms. The van der Waals surface area contributed by atoms with Crippen LogP contribution in [0.3, 0.4) is 0 Å². The van der Waals surface area contributed by atoms with Crippen LogP contribution in [0.2, 0.25) is 0 Å². The van der Waals surface area contributed by atoms with Crippen LogP contribution in [-0.4, -0.2) is 69.3 Å². The van der Waals surface area contributed by atoms with Crippen LogP contribution in [0.25, 0.3) is 0 Å². The summed E-state index contributed by atoms with van der Waals surface area (Å²) < 4.78 is 0. The van der Waals surface area contributed by atoms with Gasteiger partial charge in [0.15, 0.2) is 0 Å². The second kappa shape index (κ2) is 14.4. The third kappa shape index (κ3) is 9.82. The Morgan fingerprint density at radius 3 is 1.92 bits per heavy atom. The van der Waals surface area contributed by atoms with Gasteiger partial charge in [0.25, 0.3) is 0 Å². The van der Waals surface area contributed by atoms with Crippen LogP contribution in [0.5, 0.6) is 5.75 Å². The molecule has 0 radical (unpaired) electrons. The predicted octanol–water partition coefficient (Wildman–Crippen LogP) is 0.274. The molecule has 3 amide bonds. The molecule has 0 aliphatic carbocycles. The van der Waals surface area contributed by atoms with Crippen LogP contribution in [-0.2, 0) is 25.6 Å². The van der Waals surface area contributed by atoms with Crippen molar-refractivity contribution in [2.75, 3.05) is 0 Å². The zero-order valence-electron chi connectivity index (χ0n) is 21.5. The number of benzene rings is 1. The van der Waals surface area contributed by atoms with Gasteiger partial charge in [-0.3, -0.25) is 14.4 Å². The molecule has 6 atom stereocenters. The van der Waals surface area contributed by atoms with E-state index < -0.39 is 54.0 Å². The monoisotopic (exact) mass is 508 g/mol. The molecule has 11 heteroatoms. The molecule has 0 aromatic heterocycles. The number of aromatic hydroxyl groups is 1. The number of phenolic OH excluding ortho intramolecular Hbond substituents is 1. The number of phenols is 1. The Bertz CT molecular complexity index is 889. The number of aliphatic carboxylic acids is 1. The number of carbonyl (C=O) groups excluding carboxylic acids is 3. The van der Waals surface area contributed by atoms with E-state index in [1.807, 2.05) is 13.8 Å². The number of nitrogens with two attached hydrogens (primary N) is 1. The number of aliphatic hydroxyl groups is 1. The van der Waals surface area contributed by atoms with Crippen molar-refractivity contribution in [1.82, 2.24) is 16.0 Å². The van der Waals surface area contributed by atoms with Crippen molar-refractivity contribution in [3.05, 3.63) is 29.8 Å². The summed E-state index contributed by atoms with van der Waals surface area (Å²) in [4.78, 5) is 50.2. The fourth-order valence-electron chi connectivity index (χ4n) is 3.55. The van der Waals surface area contributed by atoms with E-state index >= 15 is 0 Å². The molecule has 0 heterocycles. The van der Waals surface area contributed by atoms with Gasteiger partial charge >= 0.3 is 5.97 Å². The summed E-state index contributed by atoms with van der Waals surface area (Å²) in [5.74, 6) is -3.64. The van der Waals surface area contributed by atoms with Crippen LogP contribution < -0.4 is 21.7 Å². The van der Waals surface area contributed by atoms with Crippen molar-refractivity contribution in [3.8, 4) is 5.75 Å². The SMILES string of the molecule is CCC(C)C(NC(=O)C(NC(=O)C(CC(C)C)NC(=O)C(N)Cc1ccc(O)cc1)C(C)O)C(=O)O. The Kier molecular flexibility index (Phi) is 12.3. The number of hydrogen-bond acceptors (Lipinski definition) is 7. The maximum Gasteiger partial charge on any atom is 0.326 e. The first kappa shape index (κ1) is 30.9. The molecule has 1 rings (SSSR count). The van der Waals surface area contributed by atoms with E-state index in [1.165, 1.54) is 19.1 Å².